The number of hydrogen-bond donors (Lipinski definition) is 3. The Morgan fingerprint density at radius 2 is 1.82 bits per heavy atom. The van der Waals surface area contributed by atoms with E-state index in [0.717, 1.165) is 7.05 Å². The molecule has 2 amide bonds. The molecule has 9 heteroatoms. The van der Waals surface area contributed by atoms with Crippen molar-refractivity contribution in [3.63, 3.8) is 0 Å². The van der Waals surface area contributed by atoms with Gasteiger partial charge < -0.3 is 20.4 Å². The van der Waals surface area contributed by atoms with Gasteiger partial charge in [0.15, 0.2) is 0 Å². The van der Waals surface area contributed by atoms with Gasteiger partial charge >= 0.3 is 18.0 Å². The molecule has 98 valence electrons. The number of hydrogen-bond acceptors (Lipinski definition) is 3. The Hall–Kier alpha value is -1.93. The van der Waals surface area contributed by atoms with Crippen molar-refractivity contribution in [3.8, 4) is 0 Å². The van der Waals surface area contributed by atoms with E-state index in [9.17, 15) is 23.2 Å². The van der Waals surface area contributed by atoms with Crippen LogP contribution in [0.4, 0.5) is 13.6 Å². The quantitative estimate of drug-likeness (QED) is 0.609. The summed E-state index contributed by atoms with van der Waals surface area (Å²) in [5.41, 5.74) is 0. The average molecular weight is 254 g/mol. The minimum atomic E-state index is -2.76. The highest BCUT2D eigenvalue weighted by molar-refractivity contribution is 5.86. The zero-order chi connectivity index (χ0) is 13.6. The van der Waals surface area contributed by atoms with Gasteiger partial charge in [-0.3, -0.25) is 4.79 Å². The fraction of sp³-hybridized carbons (Fsp3) is 0.625. The number of urea groups is 1. The molecule has 0 saturated carbocycles. The molecule has 0 unspecified atom stereocenters. The summed E-state index contributed by atoms with van der Waals surface area (Å²) in [4.78, 5) is 32.6. The number of carboxylic acid groups (broad SMARTS) is 2. The van der Waals surface area contributed by atoms with Gasteiger partial charge in [0.1, 0.15) is 6.04 Å². The number of nitrogens with one attached hydrogen (secondary N) is 1. The van der Waals surface area contributed by atoms with Crippen LogP contribution in [-0.4, -0.2) is 59.1 Å². The maximum atomic E-state index is 11.9. The van der Waals surface area contributed by atoms with Crippen LogP contribution in [0.1, 0.15) is 6.42 Å². The molecule has 0 bridgehead atoms. The predicted octanol–water partition coefficient (Wildman–Crippen LogP) is -0.179. The van der Waals surface area contributed by atoms with Crippen LogP contribution in [0.15, 0.2) is 0 Å². The van der Waals surface area contributed by atoms with Gasteiger partial charge in [-0.1, -0.05) is 0 Å². The molecule has 3 N–H and O–H groups in total. The van der Waals surface area contributed by atoms with E-state index in [1.807, 2.05) is 5.32 Å². The lowest BCUT2D eigenvalue weighted by Crippen LogP contribution is -2.48. The number of rotatable bonds is 6. The molecule has 0 saturated heterocycles. The van der Waals surface area contributed by atoms with Crippen LogP contribution < -0.4 is 5.32 Å². The second-order valence-electron chi connectivity index (χ2n) is 3.21. The van der Waals surface area contributed by atoms with Crippen LogP contribution >= 0.6 is 0 Å². The molecule has 17 heavy (non-hydrogen) atoms. The highest BCUT2D eigenvalue weighted by Gasteiger charge is 2.25. The van der Waals surface area contributed by atoms with Crippen molar-refractivity contribution in [2.45, 2.75) is 18.9 Å². The van der Waals surface area contributed by atoms with Gasteiger partial charge in [0.2, 0.25) is 0 Å². The van der Waals surface area contributed by atoms with E-state index in [-0.39, 0.29) is 0 Å². The average Bonchev–Trinajstić information content (AvgIpc) is 2.14. The van der Waals surface area contributed by atoms with Gasteiger partial charge in [-0.05, 0) is 0 Å². The van der Waals surface area contributed by atoms with E-state index < -0.39 is 43.4 Å². The van der Waals surface area contributed by atoms with Crippen molar-refractivity contribution in [2.24, 2.45) is 0 Å². The summed E-state index contributed by atoms with van der Waals surface area (Å²) < 4.78 is 23.8. The third-order valence-corrected chi connectivity index (χ3v) is 1.73. The maximum absolute atomic E-state index is 11.9. The summed E-state index contributed by atoms with van der Waals surface area (Å²) in [7, 11) is 1.04. The zero-order valence-electron chi connectivity index (χ0n) is 8.89. The van der Waals surface area contributed by atoms with Crippen LogP contribution in [0, 0.1) is 0 Å². The van der Waals surface area contributed by atoms with Crippen molar-refractivity contribution in [1.29, 1.82) is 0 Å². The van der Waals surface area contributed by atoms with E-state index in [0.29, 0.717) is 4.90 Å². The van der Waals surface area contributed by atoms with Gasteiger partial charge in [0.25, 0.3) is 6.43 Å². The minimum absolute atomic E-state index is 0.572. The maximum Gasteiger partial charge on any atom is 0.326 e. The molecule has 0 heterocycles. The first-order chi connectivity index (χ1) is 7.73. The summed E-state index contributed by atoms with van der Waals surface area (Å²) in [6, 6.07) is -2.72. The van der Waals surface area contributed by atoms with Gasteiger partial charge in [-0.2, -0.15) is 0 Å². The van der Waals surface area contributed by atoms with Crippen molar-refractivity contribution >= 4 is 18.0 Å². The lowest BCUT2D eigenvalue weighted by molar-refractivity contribution is -0.145. The Bertz CT molecular complexity index is 310. The van der Waals surface area contributed by atoms with E-state index in [1.54, 1.807) is 0 Å². The molecule has 0 aliphatic rings. The highest BCUT2D eigenvalue weighted by atomic mass is 19.3. The van der Waals surface area contributed by atoms with Crippen LogP contribution in [0.2, 0.25) is 0 Å². The normalized spacial score (nSPS) is 12.0. The molecule has 0 fully saturated rings. The largest absolute Gasteiger partial charge is 0.481 e. The van der Waals surface area contributed by atoms with Gasteiger partial charge in [-0.15, -0.1) is 0 Å². The molecular formula is C8H12F2N2O5. The molecule has 0 aliphatic heterocycles. The summed E-state index contributed by atoms with van der Waals surface area (Å²) >= 11 is 0. The second kappa shape index (κ2) is 6.61. The fourth-order valence-electron chi connectivity index (χ4n) is 0.924. The number of carboxylic acids is 2. The molecule has 0 aromatic rings. The number of carbonyl (C=O) groups is 3. The first-order valence-electron chi connectivity index (χ1n) is 4.48. The Kier molecular flexibility index (Phi) is 5.86. The number of alkyl halides is 2. The van der Waals surface area contributed by atoms with E-state index in [1.165, 1.54) is 0 Å². The van der Waals surface area contributed by atoms with Crippen LogP contribution in [-0.2, 0) is 9.59 Å². The number of carbonyl (C=O) groups excluding carboxylic acids is 1. The summed E-state index contributed by atoms with van der Waals surface area (Å²) in [5.74, 6) is -2.97. The predicted molar refractivity (Wildman–Crippen MR) is 50.8 cm³/mol. The van der Waals surface area contributed by atoms with Gasteiger partial charge in [-0.25, -0.2) is 18.4 Å². The Balaban J connectivity index is 4.39. The lowest BCUT2D eigenvalue weighted by atomic mass is 10.2. The Morgan fingerprint density at radius 3 is 2.18 bits per heavy atom. The smallest absolute Gasteiger partial charge is 0.326 e. The first-order valence-corrected chi connectivity index (χ1v) is 4.48. The minimum Gasteiger partial charge on any atom is -0.481 e. The SMILES string of the molecule is CN(CC(F)F)C(=O)N[C@H](CC(=O)O)C(=O)O. The van der Waals surface area contributed by atoms with Gasteiger partial charge in [0, 0.05) is 7.05 Å². The molecule has 0 radical (unpaired) electrons. The molecule has 0 aromatic carbocycles. The standard InChI is InChI=1S/C8H12F2N2O5/c1-12(3-5(9)10)8(17)11-4(7(15)16)2-6(13)14/h4-5H,2-3H2,1H3,(H,11,17)(H,13,14)(H,15,16)/t4-/m1/s1. The van der Waals surface area contributed by atoms with Crippen LogP contribution in [0.3, 0.4) is 0 Å². The number of amides is 2. The lowest BCUT2D eigenvalue weighted by Gasteiger charge is -2.20. The zero-order valence-corrected chi connectivity index (χ0v) is 8.89. The fourth-order valence-corrected chi connectivity index (χ4v) is 0.924. The molecule has 0 aromatic heterocycles. The Morgan fingerprint density at radius 1 is 1.29 bits per heavy atom. The molecular weight excluding hydrogens is 242 g/mol. The number of nitrogens with zero attached hydrogens (tertiary/aromatic N) is 1. The van der Waals surface area contributed by atoms with Crippen molar-refractivity contribution in [3.05, 3.63) is 0 Å². The summed E-state index contributed by atoms with van der Waals surface area (Å²) in [6.07, 6.45) is -3.59. The molecule has 0 spiro atoms. The molecule has 0 rings (SSSR count). The molecule has 7 nitrogen and oxygen atoms in total. The van der Waals surface area contributed by atoms with E-state index in [4.69, 9.17) is 10.2 Å². The first kappa shape index (κ1) is 15.1. The summed E-state index contributed by atoms with van der Waals surface area (Å²) in [6.45, 7) is -0.870. The second-order valence-corrected chi connectivity index (χ2v) is 3.21. The van der Waals surface area contributed by atoms with Crippen molar-refractivity contribution < 1.29 is 33.4 Å². The topological polar surface area (TPSA) is 107 Å². The summed E-state index contributed by atoms with van der Waals surface area (Å²) in [5, 5.41) is 18.8. The third-order valence-electron chi connectivity index (χ3n) is 1.73. The Labute approximate surface area is 95.0 Å². The van der Waals surface area contributed by atoms with Crippen LogP contribution in [0.5, 0.6) is 0 Å². The number of halogens is 2. The molecule has 0 aliphatic carbocycles. The highest BCUT2D eigenvalue weighted by Crippen LogP contribution is 1.98. The van der Waals surface area contributed by atoms with Crippen LogP contribution in [0.25, 0.3) is 0 Å². The van der Waals surface area contributed by atoms with Crippen molar-refractivity contribution in [1.82, 2.24) is 10.2 Å². The van der Waals surface area contributed by atoms with E-state index in [2.05, 4.69) is 0 Å². The van der Waals surface area contributed by atoms with E-state index >= 15 is 0 Å². The number of aliphatic carboxylic acids is 2. The molecule has 1 atom stereocenters. The monoisotopic (exact) mass is 254 g/mol. The van der Waals surface area contributed by atoms with Crippen molar-refractivity contribution in [2.75, 3.05) is 13.6 Å². The third kappa shape index (κ3) is 6.28. The van der Waals surface area contributed by atoms with Gasteiger partial charge in [0.05, 0.1) is 13.0 Å².